The molecule has 0 atom stereocenters. The second-order valence-corrected chi connectivity index (χ2v) is 7.44. The molecular formula is C19H22N6OS. The van der Waals surface area contributed by atoms with Gasteiger partial charge < -0.3 is 16.0 Å². The van der Waals surface area contributed by atoms with Gasteiger partial charge >= 0.3 is 0 Å². The first-order valence-electron chi connectivity index (χ1n) is 8.57. The monoisotopic (exact) mass is 382 g/mol. The second kappa shape index (κ2) is 8.13. The summed E-state index contributed by atoms with van der Waals surface area (Å²) < 4.78 is 0. The van der Waals surface area contributed by atoms with Crippen molar-refractivity contribution in [2.75, 3.05) is 18.1 Å². The van der Waals surface area contributed by atoms with Gasteiger partial charge in [-0.05, 0) is 26.0 Å². The lowest BCUT2D eigenvalue weighted by Gasteiger charge is -2.16. The number of nitrogens with zero attached hydrogens (tertiary/aromatic N) is 4. The van der Waals surface area contributed by atoms with Gasteiger partial charge in [-0.25, -0.2) is 9.97 Å². The minimum Gasteiger partial charge on any atom is -0.368 e. The van der Waals surface area contributed by atoms with Gasteiger partial charge in [-0.3, -0.25) is 4.79 Å². The first kappa shape index (κ1) is 18.8. The average Bonchev–Trinajstić information content (AvgIpc) is 3.13. The van der Waals surface area contributed by atoms with Gasteiger partial charge in [-0.1, -0.05) is 12.1 Å². The highest BCUT2D eigenvalue weighted by molar-refractivity contribution is 7.09. The third kappa shape index (κ3) is 4.79. The summed E-state index contributed by atoms with van der Waals surface area (Å²) in [6.07, 6.45) is 1.74. The Hall–Kier alpha value is -3.00. The number of nitrogens with two attached hydrogens (primary N) is 1. The van der Waals surface area contributed by atoms with Crippen molar-refractivity contribution < 1.29 is 4.79 Å². The zero-order valence-electron chi connectivity index (χ0n) is 15.5. The predicted molar refractivity (Wildman–Crippen MR) is 109 cm³/mol. The van der Waals surface area contributed by atoms with Gasteiger partial charge in [0.2, 0.25) is 5.95 Å². The maximum absolute atomic E-state index is 12.6. The molecule has 2 heterocycles. The molecule has 0 aliphatic rings. The van der Waals surface area contributed by atoms with Crippen molar-refractivity contribution in [3.63, 3.8) is 0 Å². The highest BCUT2D eigenvalue weighted by atomic mass is 32.1. The highest BCUT2D eigenvalue weighted by Crippen LogP contribution is 2.22. The molecule has 0 unspecified atom stereocenters. The van der Waals surface area contributed by atoms with E-state index < -0.39 is 0 Å². The van der Waals surface area contributed by atoms with Gasteiger partial charge in [-0.2, -0.15) is 4.98 Å². The first-order chi connectivity index (χ1) is 12.9. The molecule has 140 valence electrons. The van der Waals surface area contributed by atoms with E-state index >= 15 is 0 Å². The van der Waals surface area contributed by atoms with E-state index in [4.69, 9.17) is 5.73 Å². The number of thiazole rings is 1. The van der Waals surface area contributed by atoms with Crippen molar-refractivity contribution in [2.24, 2.45) is 0 Å². The fraction of sp³-hybridized carbons (Fsp3) is 0.263. The molecule has 0 saturated carbocycles. The van der Waals surface area contributed by atoms with E-state index in [0.29, 0.717) is 23.6 Å². The molecule has 27 heavy (non-hydrogen) atoms. The Balaban J connectivity index is 1.77. The molecule has 0 aliphatic heterocycles. The van der Waals surface area contributed by atoms with Gasteiger partial charge in [0.15, 0.2) is 0 Å². The van der Waals surface area contributed by atoms with Crippen LogP contribution in [0.2, 0.25) is 0 Å². The molecular weight excluding hydrogens is 360 g/mol. The Morgan fingerprint density at radius 2 is 2.00 bits per heavy atom. The van der Waals surface area contributed by atoms with Crippen LogP contribution in [0.3, 0.4) is 0 Å². The second-order valence-electron chi connectivity index (χ2n) is 6.46. The molecule has 8 heteroatoms. The number of rotatable bonds is 6. The van der Waals surface area contributed by atoms with Gasteiger partial charge in [0.1, 0.15) is 10.8 Å². The predicted octanol–water partition coefficient (Wildman–Crippen LogP) is 3.27. The number of anilines is 2. The number of aromatic nitrogens is 3. The van der Waals surface area contributed by atoms with Crippen molar-refractivity contribution in [3.05, 3.63) is 52.5 Å². The van der Waals surface area contributed by atoms with Crippen molar-refractivity contribution in [2.45, 2.75) is 26.4 Å². The molecule has 1 amide bonds. The van der Waals surface area contributed by atoms with Crippen LogP contribution in [0.1, 0.15) is 29.2 Å². The number of nitrogens with one attached hydrogen (secondary N) is 1. The lowest BCUT2D eigenvalue weighted by molar-refractivity contribution is 0.0785. The fourth-order valence-corrected chi connectivity index (χ4v) is 3.26. The highest BCUT2D eigenvalue weighted by Gasteiger charge is 2.14. The minimum atomic E-state index is -0.0545. The third-order valence-electron chi connectivity index (χ3n) is 3.81. The summed E-state index contributed by atoms with van der Waals surface area (Å²) in [7, 11) is 1.77. The number of nitrogen functional groups attached to an aromatic ring is 1. The van der Waals surface area contributed by atoms with E-state index in [-0.39, 0.29) is 17.9 Å². The van der Waals surface area contributed by atoms with Crippen LogP contribution < -0.4 is 11.1 Å². The molecule has 0 fully saturated rings. The summed E-state index contributed by atoms with van der Waals surface area (Å²) in [5.41, 5.74) is 8.02. The summed E-state index contributed by atoms with van der Waals surface area (Å²) in [5.74, 6) is 0.830. The van der Waals surface area contributed by atoms with E-state index in [0.717, 1.165) is 10.6 Å². The molecule has 0 bridgehead atoms. The summed E-state index contributed by atoms with van der Waals surface area (Å²) >= 11 is 1.53. The SMILES string of the molecule is CC(C)Nc1cc(-c2ccc(C(=O)N(C)Cc3nccs3)cc2)nc(N)n1. The van der Waals surface area contributed by atoms with Gasteiger partial charge in [-0.15, -0.1) is 11.3 Å². The minimum absolute atomic E-state index is 0.0545. The summed E-state index contributed by atoms with van der Waals surface area (Å²) in [4.78, 5) is 27.0. The molecule has 3 rings (SSSR count). The van der Waals surface area contributed by atoms with Crippen molar-refractivity contribution in [1.82, 2.24) is 19.9 Å². The third-order valence-corrected chi connectivity index (χ3v) is 4.57. The van der Waals surface area contributed by atoms with E-state index in [9.17, 15) is 4.79 Å². The average molecular weight is 382 g/mol. The van der Waals surface area contributed by atoms with E-state index in [1.54, 1.807) is 30.3 Å². The topological polar surface area (TPSA) is 97.0 Å². The number of benzene rings is 1. The standard InChI is InChI=1S/C19H22N6OS/c1-12(2)22-16-10-15(23-19(20)24-16)13-4-6-14(7-5-13)18(26)25(3)11-17-21-8-9-27-17/h4-10,12H,11H2,1-3H3,(H3,20,22,23,24). The Bertz CT molecular complexity index is 908. The summed E-state index contributed by atoms with van der Waals surface area (Å²) in [5, 5.41) is 6.03. The number of hydrogen-bond acceptors (Lipinski definition) is 7. The fourth-order valence-electron chi connectivity index (χ4n) is 2.59. The van der Waals surface area contributed by atoms with Gasteiger partial charge in [0, 0.05) is 41.9 Å². The van der Waals surface area contributed by atoms with Crippen LogP contribution in [0.25, 0.3) is 11.3 Å². The van der Waals surface area contributed by atoms with Crippen molar-refractivity contribution in [1.29, 1.82) is 0 Å². The van der Waals surface area contributed by atoms with E-state index in [2.05, 4.69) is 20.3 Å². The maximum atomic E-state index is 12.6. The van der Waals surface area contributed by atoms with Crippen LogP contribution in [0.15, 0.2) is 41.9 Å². The number of hydrogen-bond donors (Lipinski definition) is 2. The number of carbonyl (C=O) groups is 1. The molecule has 1 aromatic carbocycles. The van der Waals surface area contributed by atoms with Crippen molar-refractivity contribution in [3.8, 4) is 11.3 Å². The summed E-state index contributed by atoms with van der Waals surface area (Å²) in [6, 6.07) is 9.41. The van der Waals surface area contributed by atoms with E-state index in [1.165, 1.54) is 11.3 Å². The largest absolute Gasteiger partial charge is 0.368 e. The van der Waals surface area contributed by atoms with Crippen LogP contribution in [-0.2, 0) is 6.54 Å². The van der Waals surface area contributed by atoms with Crippen LogP contribution in [0.5, 0.6) is 0 Å². The van der Waals surface area contributed by atoms with Gasteiger partial charge in [0.05, 0.1) is 12.2 Å². The number of carbonyl (C=O) groups excluding carboxylic acids is 1. The van der Waals surface area contributed by atoms with Crippen LogP contribution in [0.4, 0.5) is 11.8 Å². The van der Waals surface area contributed by atoms with Gasteiger partial charge in [0.25, 0.3) is 5.91 Å². The molecule has 0 radical (unpaired) electrons. The zero-order chi connectivity index (χ0) is 19.4. The molecule has 0 saturated heterocycles. The molecule has 3 N–H and O–H groups in total. The van der Waals surface area contributed by atoms with Crippen LogP contribution in [0, 0.1) is 0 Å². The molecule has 0 spiro atoms. The molecule has 3 aromatic rings. The quantitative estimate of drug-likeness (QED) is 0.679. The smallest absolute Gasteiger partial charge is 0.253 e. The Kier molecular flexibility index (Phi) is 5.66. The molecule has 2 aromatic heterocycles. The first-order valence-corrected chi connectivity index (χ1v) is 9.45. The Labute approximate surface area is 162 Å². The van der Waals surface area contributed by atoms with Crippen LogP contribution in [-0.4, -0.2) is 38.8 Å². The lowest BCUT2D eigenvalue weighted by Crippen LogP contribution is -2.26. The van der Waals surface area contributed by atoms with Crippen LogP contribution >= 0.6 is 11.3 Å². The van der Waals surface area contributed by atoms with E-state index in [1.807, 2.05) is 37.4 Å². The molecule has 7 nitrogen and oxygen atoms in total. The Morgan fingerprint density at radius 3 is 2.63 bits per heavy atom. The molecule has 0 aliphatic carbocycles. The Morgan fingerprint density at radius 1 is 1.26 bits per heavy atom. The normalized spacial score (nSPS) is 10.8. The number of amides is 1. The maximum Gasteiger partial charge on any atom is 0.253 e. The summed E-state index contributed by atoms with van der Waals surface area (Å²) in [6.45, 7) is 4.55. The lowest BCUT2D eigenvalue weighted by atomic mass is 10.1. The van der Waals surface area contributed by atoms with Crippen molar-refractivity contribution >= 4 is 29.0 Å². The zero-order valence-corrected chi connectivity index (χ0v) is 16.3.